The maximum atomic E-state index is 9.49. The second-order valence-electron chi connectivity index (χ2n) is 4.33. The van der Waals surface area contributed by atoms with Crippen molar-refractivity contribution in [1.82, 2.24) is 0 Å². The zero-order valence-electron chi connectivity index (χ0n) is 11.6. The molecule has 0 radical (unpaired) electrons. The van der Waals surface area contributed by atoms with Gasteiger partial charge in [0, 0.05) is 18.7 Å². The number of hydrogen-bond donors (Lipinski definition) is 2. The molecule has 6 heteroatoms. The molecule has 112 valence electrons. The average molecular weight is 373 g/mol. The number of nitrogens with one attached hydrogen (secondary N) is 1. The Morgan fingerprint density at radius 2 is 1.86 bits per heavy atom. The molecule has 0 atom stereocenters. The van der Waals surface area contributed by atoms with Crippen molar-refractivity contribution < 1.29 is 14.6 Å². The van der Waals surface area contributed by atoms with Crippen LogP contribution < -0.4 is 14.8 Å². The highest BCUT2D eigenvalue weighted by molar-refractivity contribution is 9.10. The average Bonchev–Trinajstić information content (AvgIpc) is 2.48. The van der Waals surface area contributed by atoms with E-state index in [0.717, 1.165) is 11.3 Å². The van der Waals surface area contributed by atoms with E-state index in [0.29, 0.717) is 27.5 Å². The molecule has 0 saturated carbocycles. The molecule has 0 heterocycles. The van der Waals surface area contributed by atoms with Crippen molar-refractivity contribution in [3.8, 4) is 17.2 Å². The molecule has 0 aliphatic heterocycles. The monoisotopic (exact) mass is 371 g/mol. The summed E-state index contributed by atoms with van der Waals surface area (Å²) in [6, 6.07) is 8.82. The van der Waals surface area contributed by atoms with Gasteiger partial charge in [0.25, 0.3) is 0 Å². The van der Waals surface area contributed by atoms with Crippen LogP contribution in [0.2, 0.25) is 5.02 Å². The van der Waals surface area contributed by atoms with E-state index in [-0.39, 0.29) is 5.75 Å². The van der Waals surface area contributed by atoms with Crippen LogP contribution in [-0.4, -0.2) is 19.3 Å². The van der Waals surface area contributed by atoms with Crippen LogP contribution in [0.4, 0.5) is 5.69 Å². The molecule has 0 bridgehead atoms. The molecule has 0 aliphatic rings. The zero-order valence-corrected chi connectivity index (χ0v) is 14.0. The number of anilines is 1. The summed E-state index contributed by atoms with van der Waals surface area (Å²) in [5.74, 6) is 1.43. The number of aromatic hydroxyl groups is 1. The van der Waals surface area contributed by atoms with Crippen molar-refractivity contribution in [1.29, 1.82) is 0 Å². The van der Waals surface area contributed by atoms with Gasteiger partial charge in [0.15, 0.2) is 0 Å². The van der Waals surface area contributed by atoms with Gasteiger partial charge in [-0.15, -0.1) is 0 Å². The van der Waals surface area contributed by atoms with Crippen LogP contribution >= 0.6 is 27.5 Å². The Balaban J connectivity index is 2.20. The summed E-state index contributed by atoms with van der Waals surface area (Å²) in [6.07, 6.45) is 0. The molecule has 0 unspecified atom stereocenters. The first kappa shape index (κ1) is 15.8. The minimum Gasteiger partial charge on any atom is -0.507 e. The van der Waals surface area contributed by atoms with E-state index in [1.165, 1.54) is 0 Å². The fourth-order valence-electron chi connectivity index (χ4n) is 1.86. The second-order valence-corrected chi connectivity index (χ2v) is 5.59. The molecule has 0 aromatic heterocycles. The molecule has 0 amide bonds. The van der Waals surface area contributed by atoms with E-state index in [1.54, 1.807) is 32.4 Å². The summed E-state index contributed by atoms with van der Waals surface area (Å²) in [4.78, 5) is 0. The lowest BCUT2D eigenvalue weighted by Gasteiger charge is -2.14. The second kappa shape index (κ2) is 6.91. The SMILES string of the molecule is COc1cc(NCc2ccc(O)c(Br)c2)c(OC)cc1Cl. The number of phenols is 1. The Labute approximate surface area is 136 Å². The summed E-state index contributed by atoms with van der Waals surface area (Å²) in [6.45, 7) is 0.569. The van der Waals surface area contributed by atoms with Gasteiger partial charge in [0.2, 0.25) is 0 Å². The molecule has 2 aromatic rings. The Bertz CT molecular complexity index is 649. The van der Waals surface area contributed by atoms with E-state index in [9.17, 15) is 5.11 Å². The van der Waals surface area contributed by atoms with Crippen LogP contribution in [-0.2, 0) is 6.54 Å². The summed E-state index contributed by atoms with van der Waals surface area (Å²) in [7, 11) is 3.15. The maximum absolute atomic E-state index is 9.49. The molecule has 0 saturated heterocycles. The highest BCUT2D eigenvalue weighted by Crippen LogP contribution is 2.36. The lowest BCUT2D eigenvalue weighted by atomic mass is 10.2. The van der Waals surface area contributed by atoms with Crippen molar-refractivity contribution >= 4 is 33.2 Å². The van der Waals surface area contributed by atoms with Gasteiger partial charge in [-0.2, -0.15) is 0 Å². The largest absolute Gasteiger partial charge is 0.507 e. The lowest BCUT2D eigenvalue weighted by molar-refractivity contribution is 0.404. The summed E-state index contributed by atoms with van der Waals surface area (Å²) >= 11 is 9.36. The van der Waals surface area contributed by atoms with Gasteiger partial charge in [-0.1, -0.05) is 17.7 Å². The van der Waals surface area contributed by atoms with Gasteiger partial charge in [0.05, 0.1) is 29.4 Å². The first-order valence-electron chi connectivity index (χ1n) is 6.18. The van der Waals surface area contributed by atoms with Crippen LogP contribution in [0.15, 0.2) is 34.8 Å². The highest BCUT2D eigenvalue weighted by Gasteiger charge is 2.10. The molecule has 21 heavy (non-hydrogen) atoms. The standard InChI is InChI=1S/C15H15BrClNO3/c1-20-14-7-12(15(21-2)6-11(14)17)18-8-9-3-4-13(19)10(16)5-9/h3-7,18-19H,8H2,1-2H3. The van der Waals surface area contributed by atoms with Gasteiger partial charge in [-0.25, -0.2) is 0 Å². The Morgan fingerprint density at radius 3 is 2.48 bits per heavy atom. The molecule has 0 aliphatic carbocycles. The van der Waals surface area contributed by atoms with E-state index in [4.69, 9.17) is 21.1 Å². The Hall–Kier alpha value is -1.59. The van der Waals surface area contributed by atoms with E-state index >= 15 is 0 Å². The third-order valence-corrected chi connectivity index (χ3v) is 3.90. The first-order chi connectivity index (χ1) is 10.0. The van der Waals surface area contributed by atoms with Gasteiger partial charge in [0.1, 0.15) is 17.2 Å². The normalized spacial score (nSPS) is 10.3. The zero-order chi connectivity index (χ0) is 15.4. The highest BCUT2D eigenvalue weighted by atomic mass is 79.9. The molecule has 2 aromatic carbocycles. The molecular formula is C15H15BrClNO3. The van der Waals surface area contributed by atoms with Crippen molar-refractivity contribution in [3.63, 3.8) is 0 Å². The number of benzene rings is 2. The summed E-state index contributed by atoms with van der Waals surface area (Å²) in [5, 5.41) is 13.2. The molecule has 0 spiro atoms. The predicted molar refractivity (Wildman–Crippen MR) is 87.7 cm³/mol. The number of methoxy groups -OCH3 is 2. The van der Waals surface area contributed by atoms with Crippen molar-refractivity contribution in [3.05, 3.63) is 45.4 Å². The van der Waals surface area contributed by atoms with E-state index in [2.05, 4.69) is 21.2 Å². The van der Waals surface area contributed by atoms with Crippen molar-refractivity contribution in [2.24, 2.45) is 0 Å². The van der Waals surface area contributed by atoms with E-state index < -0.39 is 0 Å². The van der Waals surface area contributed by atoms with Gasteiger partial charge < -0.3 is 19.9 Å². The molecular weight excluding hydrogens is 358 g/mol. The summed E-state index contributed by atoms with van der Waals surface area (Å²) < 4.78 is 11.2. The molecule has 4 nitrogen and oxygen atoms in total. The van der Waals surface area contributed by atoms with Crippen LogP contribution in [0, 0.1) is 0 Å². The van der Waals surface area contributed by atoms with Crippen molar-refractivity contribution in [2.75, 3.05) is 19.5 Å². The molecule has 2 N–H and O–H groups in total. The topological polar surface area (TPSA) is 50.7 Å². The van der Waals surface area contributed by atoms with Gasteiger partial charge in [-0.05, 0) is 33.6 Å². The third-order valence-electron chi connectivity index (χ3n) is 2.97. The van der Waals surface area contributed by atoms with Gasteiger partial charge in [-0.3, -0.25) is 0 Å². The lowest BCUT2D eigenvalue weighted by Crippen LogP contribution is -2.02. The van der Waals surface area contributed by atoms with Gasteiger partial charge >= 0.3 is 0 Å². The number of rotatable bonds is 5. The Kier molecular flexibility index (Phi) is 5.20. The predicted octanol–water partition coefficient (Wildman–Crippen LogP) is 4.44. The fraction of sp³-hybridized carbons (Fsp3) is 0.200. The summed E-state index contributed by atoms with van der Waals surface area (Å²) in [5.41, 5.74) is 1.79. The Morgan fingerprint density at radius 1 is 1.14 bits per heavy atom. The molecule has 2 rings (SSSR count). The number of ether oxygens (including phenoxy) is 2. The number of halogens is 2. The number of hydrogen-bond acceptors (Lipinski definition) is 4. The third kappa shape index (κ3) is 3.74. The quantitative estimate of drug-likeness (QED) is 0.815. The van der Waals surface area contributed by atoms with E-state index in [1.807, 2.05) is 12.1 Å². The molecule has 0 fully saturated rings. The van der Waals surface area contributed by atoms with Crippen LogP contribution in [0.3, 0.4) is 0 Å². The fourth-order valence-corrected chi connectivity index (χ4v) is 2.51. The van der Waals surface area contributed by atoms with Crippen LogP contribution in [0.5, 0.6) is 17.2 Å². The van der Waals surface area contributed by atoms with Crippen molar-refractivity contribution in [2.45, 2.75) is 6.54 Å². The minimum absolute atomic E-state index is 0.212. The number of phenolic OH excluding ortho intramolecular Hbond substituents is 1. The van der Waals surface area contributed by atoms with Crippen LogP contribution in [0.25, 0.3) is 0 Å². The first-order valence-corrected chi connectivity index (χ1v) is 7.35. The maximum Gasteiger partial charge on any atom is 0.143 e. The van der Waals surface area contributed by atoms with Crippen LogP contribution in [0.1, 0.15) is 5.56 Å². The minimum atomic E-state index is 0.212. The smallest absolute Gasteiger partial charge is 0.143 e.